The highest BCUT2D eigenvalue weighted by molar-refractivity contribution is 7.89. The van der Waals surface area contributed by atoms with E-state index in [0.717, 1.165) is 0 Å². The predicted octanol–water partition coefficient (Wildman–Crippen LogP) is 0.267. The minimum absolute atomic E-state index is 0.0938. The molecule has 0 radical (unpaired) electrons. The third-order valence-electron chi connectivity index (χ3n) is 2.61. The lowest BCUT2D eigenvalue weighted by Crippen LogP contribution is -2.18. The number of benzene rings is 1. The van der Waals surface area contributed by atoms with E-state index in [1.165, 1.54) is 30.5 Å². The number of primary sulfonamides is 1. The van der Waals surface area contributed by atoms with Gasteiger partial charge in [0.15, 0.2) is 5.82 Å². The highest BCUT2D eigenvalue weighted by atomic mass is 32.2. The number of aromatic nitrogens is 1. The fraction of sp³-hybridized carbons (Fsp3) is 0. The molecule has 2 rings (SSSR count). The number of nitrogens with zero attached hydrogens (tertiary/aromatic N) is 1. The smallest absolute Gasteiger partial charge is 0.259 e. The Morgan fingerprint density at radius 2 is 1.95 bits per heavy atom. The van der Waals surface area contributed by atoms with Crippen LogP contribution in [0, 0.1) is 0 Å². The fourth-order valence-electron chi connectivity index (χ4n) is 1.65. The molecule has 1 aromatic carbocycles. The second-order valence-electron chi connectivity index (χ2n) is 4.07. The summed E-state index contributed by atoms with van der Waals surface area (Å²) in [6, 6.07) is 8.72. The average Bonchev–Trinajstić information content (AvgIpc) is 2.46. The molecule has 1 heterocycles. The van der Waals surface area contributed by atoms with Crippen LogP contribution in [0.5, 0.6) is 0 Å². The highest BCUT2D eigenvalue weighted by Crippen LogP contribution is 2.17. The van der Waals surface area contributed by atoms with Gasteiger partial charge < -0.3 is 10.7 Å². The van der Waals surface area contributed by atoms with Gasteiger partial charge in [-0.25, -0.2) is 24.4 Å². The Hall–Kier alpha value is -2.49. The molecule has 8 nitrogen and oxygen atoms in total. The number of hydrogen-bond acceptors (Lipinski definition) is 6. The van der Waals surface area contributed by atoms with Crippen LogP contribution in [-0.2, 0) is 10.0 Å². The van der Waals surface area contributed by atoms with Crippen molar-refractivity contribution in [1.29, 1.82) is 0 Å². The van der Waals surface area contributed by atoms with Gasteiger partial charge in [0.1, 0.15) is 0 Å². The lowest BCUT2D eigenvalue weighted by atomic mass is 10.2. The van der Waals surface area contributed by atoms with Crippen molar-refractivity contribution < 1.29 is 13.2 Å². The van der Waals surface area contributed by atoms with Crippen molar-refractivity contribution in [1.82, 2.24) is 4.98 Å². The summed E-state index contributed by atoms with van der Waals surface area (Å²) in [4.78, 5) is 15.9. The first-order valence-electron chi connectivity index (χ1n) is 5.77. The summed E-state index contributed by atoms with van der Waals surface area (Å²) in [5.41, 5.74) is 2.82. The molecule has 0 unspecified atom stereocenters. The number of nitrogens with two attached hydrogens (primary N) is 2. The maximum absolute atomic E-state index is 12.1. The van der Waals surface area contributed by atoms with Gasteiger partial charge >= 0.3 is 0 Å². The number of carbonyl (C=O) groups is 1. The number of rotatable bonds is 4. The molecule has 6 N–H and O–H groups in total. The lowest BCUT2D eigenvalue weighted by molar-refractivity contribution is 0.102. The van der Waals surface area contributed by atoms with Gasteiger partial charge in [-0.15, -0.1) is 0 Å². The lowest BCUT2D eigenvalue weighted by Gasteiger charge is -2.09. The fourth-order valence-corrected chi connectivity index (χ4v) is 2.21. The second kappa shape index (κ2) is 5.87. The van der Waals surface area contributed by atoms with E-state index in [1.807, 2.05) is 0 Å². The number of sulfonamides is 1. The zero-order valence-electron chi connectivity index (χ0n) is 10.8. The van der Waals surface area contributed by atoms with E-state index in [9.17, 15) is 13.2 Å². The van der Waals surface area contributed by atoms with Gasteiger partial charge in [0, 0.05) is 11.9 Å². The Balaban J connectivity index is 2.28. The van der Waals surface area contributed by atoms with Crippen LogP contribution in [0.2, 0.25) is 0 Å². The first kappa shape index (κ1) is 14.9. The summed E-state index contributed by atoms with van der Waals surface area (Å²) >= 11 is 0. The minimum atomic E-state index is -3.83. The average molecular weight is 307 g/mol. The van der Waals surface area contributed by atoms with Crippen LogP contribution in [0.25, 0.3) is 0 Å². The molecule has 9 heteroatoms. The van der Waals surface area contributed by atoms with Gasteiger partial charge in [-0.1, -0.05) is 6.07 Å². The molecule has 0 fully saturated rings. The van der Waals surface area contributed by atoms with E-state index in [0.29, 0.717) is 5.69 Å². The number of pyridine rings is 1. The van der Waals surface area contributed by atoms with Crippen molar-refractivity contribution in [2.24, 2.45) is 11.0 Å². The summed E-state index contributed by atoms with van der Waals surface area (Å²) in [7, 11) is -3.83. The summed E-state index contributed by atoms with van der Waals surface area (Å²) in [5.74, 6) is 5.00. The van der Waals surface area contributed by atoms with Crippen LogP contribution < -0.4 is 21.7 Å². The van der Waals surface area contributed by atoms with E-state index in [1.54, 1.807) is 12.1 Å². The molecule has 0 bridgehead atoms. The Morgan fingerprint density at radius 1 is 1.19 bits per heavy atom. The maximum Gasteiger partial charge on any atom is 0.259 e. The molecule has 0 atom stereocenters. The van der Waals surface area contributed by atoms with Crippen LogP contribution in [0.15, 0.2) is 47.5 Å². The molecule has 0 saturated heterocycles. The molecular formula is C12H13N5O3S. The summed E-state index contributed by atoms with van der Waals surface area (Å²) in [5, 5.41) is 7.59. The van der Waals surface area contributed by atoms with Crippen molar-refractivity contribution in [2.45, 2.75) is 4.90 Å². The van der Waals surface area contributed by atoms with Crippen molar-refractivity contribution in [3.63, 3.8) is 0 Å². The number of carbonyl (C=O) groups excluding carboxylic acids is 1. The third-order valence-corrected chi connectivity index (χ3v) is 3.52. The first-order chi connectivity index (χ1) is 9.91. The van der Waals surface area contributed by atoms with Crippen LogP contribution >= 0.6 is 0 Å². The van der Waals surface area contributed by atoms with Crippen LogP contribution in [-0.4, -0.2) is 19.3 Å². The molecule has 2 aromatic rings. The number of nitrogen functional groups attached to an aromatic ring is 1. The zero-order chi connectivity index (χ0) is 15.5. The SMILES string of the molecule is NNc1ncccc1C(=O)Nc1cccc(S(N)(=O)=O)c1. The van der Waals surface area contributed by atoms with Crippen molar-refractivity contribution in [3.05, 3.63) is 48.2 Å². The van der Waals surface area contributed by atoms with Gasteiger partial charge in [-0.3, -0.25) is 4.79 Å². The molecular weight excluding hydrogens is 294 g/mol. The molecule has 0 spiro atoms. The minimum Gasteiger partial charge on any atom is -0.322 e. The number of hydrogen-bond donors (Lipinski definition) is 4. The number of nitrogens with one attached hydrogen (secondary N) is 2. The molecule has 0 saturated carbocycles. The van der Waals surface area contributed by atoms with E-state index >= 15 is 0 Å². The number of anilines is 2. The van der Waals surface area contributed by atoms with Gasteiger partial charge in [0.25, 0.3) is 5.91 Å². The quantitative estimate of drug-likeness (QED) is 0.472. The number of hydrazine groups is 1. The van der Waals surface area contributed by atoms with E-state index in [2.05, 4.69) is 15.7 Å². The Labute approximate surface area is 121 Å². The standard InChI is InChI=1S/C12H13N5O3S/c13-17-11-10(5-2-6-15-11)12(18)16-8-3-1-4-9(7-8)21(14,19)20/h1-7H,13H2,(H,15,17)(H,16,18)(H2,14,19,20). The third kappa shape index (κ3) is 3.54. The molecule has 1 aromatic heterocycles. The largest absolute Gasteiger partial charge is 0.322 e. The van der Waals surface area contributed by atoms with E-state index < -0.39 is 15.9 Å². The van der Waals surface area contributed by atoms with Crippen molar-refractivity contribution in [3.8, 4) is 0 Å². The van der Waals surface area contributed by atoms with Crippen molar-refractivity contribution >= 4 is 27.4 Å². The highest BCUT2D eigenvalue weighted by Gasteiger charge is 2.13. The van der Waals surface area contributed by atoms with Gasteiger partial charge in [0.05, 0.1) is 10.5 Å². The monoisotopic (exact) mass is 307 g/mol. The first-order valence-corrected chi connectivity index (χ1v) is 7.32. The van der Waals surface area contributed by atoms with E-state index in [4.69, 9.17) is 11.0 Å². The van der Waals surface area contributed by atoms with Crippen LogP contribution in [0.1, 0.15) is 10.4 Å². The zero-order valence-corrected chi connectivity index (χ0v) is 11.6. The van der Waals surface area contributed by atoms with Gasteiger partial charge in [-0.2, -0.15) is 0 Å². The maximum atomic E-state index is 12.1. The normalized spacial score (nSPS) is 11.0. The number of amides is 1. The van der Waals surface area contributed by atoms with Crippen LogP contribution in [0.4, 0.5) is 11.5 Å². The molecule has 0 aliphatic rings. The Kier molecular flexibility index (Phi) is 4.17. The molecule has 1 amide bonds. The topological polar surface area (TPSA) is 140 Å². The summed E-state index contributed by atoms with van der Waals surface area (Å²) in [6.07, 6.45) is 1.48. The summed E-state index contributed by atoms with van der Waals surface area (Å²) in [6.45, 7) is 0. The Bertz CT molecular complexity index is 776. The molecule has 21 heavy (non-hydrogen) atoms. The van der Waals surface area contributed by atoms with Crippen molar-refractivity contribution in [2.75, 3.05) is 10.7 Å². The van der Waals surface area contributed by atoms with Gasteiger partial charge in [0.2, 0.25) is 10.0 Å². The van der Waals surface area contributed by atoms with Crippen LogP contribution in [0.3, 0.4) is 0 Å². The molecule has 0 aliphatic carbocycles. The molecule has 0 aliphatic heterocycles. The summed E-state index contributed by atoms with van der Waals surface area (Å²) < 4.78 is 22.5. The molecule has 110 valence electrons. The van der Waals surface area contributed by atoms with E-state index in [-0.39, 0.29) is 16.3 Å². The van der Waals surface area contributed by atoms with Gasteiger partial charge in [-0.05, 0) is 30.3 Å². The predicted molar refractivity (Wildman–Crippen MR) is 77.8 cm³/mol. The second-order valence-corrected chi connectivity index (χ2v) is 5.63. The Morgan fingerprint density at radius 3 is 2.62 bits per heavy atom.